The van der Waals surface area contributed by atoms with Crippen molar-refractivity contribution < 1.29 is 15.0 Å². The van der Waals surface area contributed by atoms with E-state index in [0.29, 0.717) is 6.42 Å². The number of carbonyl (C=O) groups is 1. The fraction of sp³-hybridized carbons (Fsp3) is 0.667. The van der Waals surface area contributed by atoms with E-state index in [1.807, 2.05) is 6.08 Å². The Hall–Kier alpha value is -2.95. The summed E-state index contributed by atoms with van der Waals surface area (Å²) >= 11 is 0. The number of carbonyl (C=O) groups excluding carboxylic acids is 1. The molecule has 348 valence electrons. The molecule has 0 aromatic rings. The second-order valence-electron chi connectivity index (χ2n) is 16.8. The fourth-order valence-corrected chi connectivity index (χ4v) is 7.16. The lowest BCUT2D eigenvalue weighted by Gasteiger charge is -2.19. The monoisotopic (exact) mass is 844 g/mol. The molecule has 0 aliphatic carbocycles. The third kappa shape index (κ3) is 47.9. The van der Waals surface area contributed by atoms with Gasteiger partial charge in [-0.05, 0) is 89.9 Å². The predicted octanol–water partition coefficient (Wildman–Crippen LogP) is 16.7. The van der Waals surface area contributed by atoms with E-state index in [0.717, 1.165) is 83.5 Å². The van der Waals surface area contributed by atoms with Gasteiger partial charge in [-0.1, -0.05) is 239 Å². The fourth-order valence-electron chi connectivity index (χ4n) is 7.16. The smallest absolute Gasteiger partial charge is 0.220 e. The summed E-state index contributed by atoms with van der Waals surface area (Å²) in [6.07, 6.45) is 78.2. The maximum Gasteiger partial charge on any atom is 0.220 e. The minimum absolute atomic E-state index is 0.0822. The molecule has 0 aliphatic heterocycles. The van der Waals surface area contributed by atoms with Gasteiger partial charge in [0.2, 0.25) is 5.91 Å². The number of unbranched alkanes of at least 4 members (excludes halogenated alkanes) is 22. The van der Waals surface area contributed by atoms with Crippen molar-refractivity contribution >= 4 is 5.91 Å². The van der Waals surface area contributed by atoms with Gasteiger partial charge in [0.05, 0.1) is 18.8 Å². The van der Waals surface area contributed by atoms with Crippen molar-refractivity contribution in [1.82, 2.24) is 5.32 Å². The molecular formula is C57H97NO3. The highest BCUT2D eigenvalue weighted by Gasteiger charge is 2.17. The highest BCUT2D eigenvalue weighted by atomic mass is 16.3. The Morgan fingerprint density at radius 3 is 1.08 bits per heavy atom. The van der Waals surface area contributed by atoms with E-state index >= 15 is 0 Å². The molecule has 0 saturated heterocycles. The molecule has 1 amide bonds. The Kier molecular flexibility index (Phi) is 48.9. The van der Waals surface area contributed by atoms with E-state index < -0.39 is 12.1 Å². The van der Waals surface area contributed by atoms with E-state index in [-0.39, 0.29) is 12.5 Å². The summed E-state index contributed by atoms with van der Waals surface area (Å²) < 4.78 is 0. The van der Waals surface area contributed by atoms with Crippen molar-refractivity contribution in [1.29, 1.82) is 0 Å². The molecule has 0 spiro atoms. The minimum atomic E-state index is -0.871. The molecule has 61 heavy (non-hydrogen) atoms. The molecular weight excluding hydrogens is 747 g/mol. The van der Waals surface area contributed by atoms with Crippen molar-refractivity contribution in [2.75, 3.05) is 6.61 Å². The SMILES string of the molecule is CC/C=C\C/C=C\C/C=C\C/C=C\C/C=C\C/C=C\CCCCCCCCCCCCCCCCCCCCCCC(=O)NC(CO)C(O)/C=C/CC/C=C/CC/C=C/CC. The van der Waals surface area contributed by atoms with E-state index in [1.165, 1.54) is 122 Å². The van der Waals surface area contributed by atoms with Gasteiger partial charge >= 0.3 is 0 Å². The van der Waals surface area contributed by atoms with Crippen LogP contribution in [0.2, 0.25) is 0 Å². The normalized spacial score (nSPS) is 13.8. The molecule has 0 radical (unpaired) electrons. The zero-order valence-corrected chi connectivity index (χ0v) is 39.9. The summed E-state index contributed by atoms with van der Waals surface area (Å²) in [5, 5.41) is 22.9. The van der Waals surface area contributed by atoms with Gasteiger partial charge in [0.15, 0.2) is 0 Å². The number of rotatable bonds is 45. The number of allylic oxidation sites excluding steroid dienone is 17. The average molecular weight is 844 g/mol. The van der Waals surface area contributed by atoms with Gasteiger partial charge < -0.3 is 15.5 Å². The molecule has 0 aromatic carbocycles. The second kappa shape index (κ2) is 51.4. The number of aliphatic hydroxyl groups excluding tert-OH is 2. The largest absolute Gasteiger partial charge is 0.394 e. The number of hydrogen-bond donors (Lipinski definition) is 3. The zero-order chi connectivity index (χ0) is 44.2. The summed E-state index contributed by atoms with van der Waals surface area (Å²) in [5.74, 6) is -0.0822. The summed E-state index contributed by atoms with van der Waals surface area (Å²) in [4.78, 5) is 12.4. The van der Waals surface area contributed by atoms with Crippen LogP contribution in [0.15, 0.2) is 109 Å². The molecule has 0 aliphatic rings. The molecule has 0 heterocycles. The average Bonchev–Trinajstić information content (AvgIpc) is 3.26. The second-order valence-corrected chi connectivity index (χ2v) is 16.8. The third-order valence-electron chi connectivity index (χ3n) is 11.0. The molecule has 4 heteroatoms. The van der Waals surface area contributed by atoms with Crippen molar-refractivity contribution in [3.05, 3.63) is 109 Å². The van der Waals surface area contributed by atoms with Crippen molar-refractivity contribution in [3.8, 4) is 0 Å². The van der Waals surface area contributed by atoms with Crippen molar-refractivity contribution in [2.24, 2.45) is 0 Å². The van der Waals surface area contributed by atoms with Gasteiger partial charge in [0, 0.05) is 6.42 Å². The maximum absolute atomic E-state index is 12.4. The van der Waals surface area contributed by atoms with Gasteiger partial charge in [-0.2, -0.15) is 0 Å². The number of hydrogen-bond acceptors (Lipinski definition) is 3. The Morgan fingerprint density at radius 2 is 0.689 bits per heavy atom. The van der Waals surface area contributed by atoms with Gasteiger partial charge in [0.25, 0.3) is 0 Å². The molecule has 3 N–H and O–H groups in total. The van der Waals surface area contributed by atoms with Gasteiger partial charge in [-0.15, -0.1) is 0 Å². The summed E-state index contributed by atoms with van der Waals surface area (Å²) in [5.41, 5.74) is 0. The van der Waals surface area contributed by atoms with Gasteiger partial charge in [-0.3, -0.25) is 4.79 Å². The molecule has 0 fully saturated rings. The van der Waals surface area contributed by atoms with Crippen LogP contribution in [0.25, 0.3) is 0 Å². The number of amides is 1. The predicted molar refractivity (Wildman–Crippen MR) is 271 cm³/mol. The zero-order valence-electron chi connectivity index (χ0n) is 39.9. The van der Waals surface area contributed by atoms with Crippen LogP contribution in [0.1, 0.15) is 226 Å². The Balaban J connectivity index is 3.46. The molecule has 2 atom stereocenters. The first-order valence-electron chi connectivity index (χ1n) is 25.6. The lowest BCUT2D eigenvalue weighted by Crippen LogP contribution is -2.45. The Labute approximate surface area is 378 Å². The quantitative estimate of drug-likeness (QED) is 0.0422. The summed E-state index contributed by atoms with van der Waals surface area (Å²) in [6, 6.07) is -0.647. The van der Waals surface area contributed by atoms with Crippen LogP contribution >= 0.6 is 0 Å². The topological polar surface area (TPSA) is 69.6 Å². The standard InChI is InChI=1S/C57H97NO3/c1-3-5-7-9-11-13-15-16-17-18-19-20-21-22-23-24-25-26-27-28-29-30-31-32-33-34-35-36-37-38-39-40-41-42-43-45-47-49-51-53-57(61)58-55(54-59)56(60)52-50-48-46-44-14-12-10-8-6-4-2/h5-8,11,13-14,16-17,19-20,22-23,25-26,44,50,52,55-56,59-60H,3-4,9-10,12,15,18,21,24,27-43,45-49,51,53-54H2,1-2H3,(H,58,61)/b7-5-,8-6+,13-11-,17-16-,20-19-,23-22-,26-25-,44-14+,52-50+. The van der Waals surface area contributed by atoms with Crippen LogP contribution in [0.4, 0.5) is 0 Å². The van der Waals surface area contributed by atoms with Crippen LogP contribution in [-0.4, -0.2) is 34.9 Å². The van der Waals surface area contributed by atoms with Crippen LogP contribution in [0.3, 0.4) is 0 Å². The van der Waals surface area contributed by atoms with Gasteiger partial charge in [0.1, 0.15) is 0 Å². The first-order valence-corrected chi connectivity index (χ1v) is 25.6. The van der Waals surface area contributed by atoms with Gasteiger partial charge in [-0.25, -0.2) is 0 Å². The molecule has 2 unspecified atom stereocenters. The minimum Gasteiger partial charge on any atom is -0.394 e. The van der Waals surface area contributed by atoms with E-state index in [4.69, 9.17) is 0 Å². The van der Waals surface area contributed by atoms with Crippen LogP contribution in [0.5, 0.6) is 0 Å². The molecule has 0 rings (SSSR count). The number of aliphatic hydroxyl groups is 2. The Morgan fingerprint density at radius 1 is 0.393 bits per heavy atom. The third-order valence-corrected chi connectivity index (χ3v) is 11.0. The van der Waals surface area contributed by atoms with Crippen LogP contribution in [0, 0.1) is 0 Å². The summed E-state index contributed by atoms with van der Waals surface area (Å²) in [6.45, 7) is 4.05. The van der Waals surface area contributed by atoms with Crippen LogP contribution < -0.4 is 5.32 Å². The molecule has 0 saturated carbocycles. The van der Waals surface area contributed by atoms with Crippen molar-refractivity contribution in [2.45, 2.75) is 238 Å². The molecule has 0 aromatic heterocycles. The maximum atomic E-state index is 12.4. The number of nitrogens with one attached hydrogen (secondary N) is 1. The summed E-state index contributed by atoms with van der Waals surface area (Å²) in [7, 11) is 0. The molecule has 4 nitrogen and oxygen atoms in total. The van der Waals surface area contributed by atoms with Crippen LogP contribution in [-0.2, 0) is 4.79 Å². The molecule has 0 bridgehead atoms. The highest BCUT2D eigenvalue weighted by molar-refractivity contribution is 5.76. The highest BCUT2D eigenvalue weighted by Crippen LogP contribution is 2.16. The first-order chi connectivity index (χ1) is 30.2. The first kappa shape index (κ1) is 58.1. The lowest BCUT2D eigenvalue weighted by molar-refractivity contribution is -0.123. The lowest BCUT2D eigenvalue weighted by atomic mass is 10.0. The van der Waals surface area contributed by atoms with Crippen molar-refractivity contribution in [3.63, 3.8) is 0 Å². The van der Waals surface area contributed by atoms with E-state index in [1.54, 1.807) is 6.08 Å². The van der Waals surface area contributed by atoms with E-state index in [9.17, 15) is 15.0 Å². The van der Waals surface area contributed by atoms with E-state index in [2.05, 4.69) is 116 Å². The Bertz CT molecular complexity index is 1180.